The first-order valence-electron chi connectivity index (χ1n) is 19.0. The zero-order chi connectivity index (χ0) is 36.7. The minimum absolute atomic E-state index is 0.111. The van der Waals surface area contributed by atoms with E-state index >= 15 is 0 Å². The number of esters is 1. The summed E-state index contributed by atoms with van der Waals surface area (Å²) >= 11 is 0. The first-order valence-corrected chi connectivity index (χ1v) is 19.0. The highest BCUT2D eigenvalue weighted by molar-refractivity contribution is 5.90. The van der Waals surface area contributed by atoms with E-state index in [1.165, 1.54) is 18.2 Å². The third-order valence-electron chi connectivity index (χ3n) is 15.9. The van der Waals surface area contributed by atoms with Crippen molar-refractivity contribution in [3.05, 3.63) is 41.7 Å². The number of carboxylic acid groups (broad SMARTS) is 2. The second kappa shape index (κ2) is 12.2. The predicted octanol–water partition coefficient (Wildman–Crippen LogP) is 9.20. The third kappa shape index (κ3) is 5.45. The molecule has 0 aromatic carbocycles. The van der Waals surface area contributed by atoms with Crippen LogP contribution >= 0.6 is 0 Å². The van der Waals surface area contributed by atoms with Gasteiger partial charge in [0.15, 0.2) is 0 Å². The fourth-order valence-electron chi connectivity index (χ4n) is 13.1. The quantitative estimate of drug-likeness (QED) is 0.174. The Balaban J connectivity index is 1.29. The van der Waals surface area contributed by atoms with Crippen LogP contribution in [0.2, 0.25) is 0 Å². The maximum Gasteiger partial charge on any atom is 0.338 e. The lowest BCUT2D eigenvalue weighted by molar-refractivity contribution is -0.247. The Morgan fingerprint density at radius 1 is 0.940 bits per heavy atom. The summed E-state index contributed by atoms with van der Waals surface area (Å²) < 4.78 is 6.16. The molecule has 1 heterocycles. The topological polar surface area (TPSA) is 114 Å². The summed E-state index contributed by atoms with van der Waals surface area (Å²) in [5.74, 6) is 7.04. The molecule has 0 bridgehead atoms. The van der Waals surface area contributed by atoms with Crippen LogP contribution in [0.25, 0.3) is 0 Å². The Morgan fingerprint density at radius 3 is 2.32 bits per heavy atom. The van der Waals surface area contributed by atoms with Gasteiger partial charge in [0.25, 0.3) is 0 Å². The molecule has 1 aromatic rings. The maximum atomic E-state index is 13.1. The third-order valence-corrected chi connectivity index (χ3v) is 15.9. The van der Waals surface area contributed by atoms with Crippen LogP contribution in [0.1, 0.15) is 142 Å². The van der Waals surface area contributed by atoms with E-state index in [4.69, 9.17) is 4.74 Å². The Kier molecular flexibility index (Phi) is 8.96. The summed E-state index contributed by atoms with van der Waals surface area (Å²) in [6.07, 6.45) is 13.3. The molecule has 0 amide bonds. The number of hydrogen-bond acceptors (Lipinski definition) is 5. The molecule has 5 aliphatic carbocycles. The van der Waals surface area contributed by atoms with E-state index in [1.807, 2.05) is 0 Å². The van der Waals surface area contributed by atoms with E-state index < -0.39 is 23.3 Å². The van der Waals surface area contributed by atoms with E-state index in [0.29, 0.717) is 35.2 Å². The second-order valence-electron chi connectivity index (χ2n) is 19.0. The Hall–Kier alpha value is -3.14. The zero-order valence-electron chi connectivity index (χ0n) is 31.7. The molecule has 10 atom stereocenters. The summed E-state index contributed by atoms with van der Waals surface area (Å²) in [6.45, 7) is 22.2. The van der Waals surface area contributed by atoms with E-state index in [-0.39, 0.29) is 45.2 Å². The molecule has 5 saturated carbocycles. The normalized spacial score (nSPS) is 40.1. The van der Waals surface area contributed by atoms with Gasteiger partial charge in [-0.3, -0.25) is 14.6 Å². The van der Waals surface area contributed by atoms with Crippen LogP contribution in [0, 0.1) is 73.9 Å². The number of carbonyl (C=O) groups is 3. The fraction of sp³-hybridized carbons (Fsp3) is 0.721. The van der Waals surface area contributed by atoms with Crippen molar-refractivity contribution >= 4 is 17.9 Å². The number of allylic oxidation sites excluding steroid dienone is 1. The van der Waals surface area contributed by atoms with Crippen molar-refractivity contribution in [1.82, 2.24) is 4.98 Å². The monoisotopic (exact) mass is 685 g/mol. The van der Waals surface area contributed by atoms with Crippen LogP contribution in [-0.2, 0) is 14.3 Å². The zero-order valence-corrected chi connectivity index (χ0v) is 31.7. The first-order chi connectivity index (χ1) is 23.2. The Bertz CT molecular complexity index is 1650. The van der Waals surface area contributed by atoms with Gasteiger partial charge in [0.1, 0.15) is 6.10 Å². The number of fused-ring (bicyclic) bond motifs is 7. The molecule has 6 rings (SSSR count). The van der Waals surface area contributed by atoms with Crippen molar-refractivity contribution in [2.24, 2.45) is 62.1 Å². The average molecular weight is 686 g/mol. The lowest BCUT2D eigenvalue weighted by Crippen LogP contribution is -2.66. The van der Waals surface area contributed by atoms with Gasteiger partial charge in [-0.15, -0.1) is 0 Å². The van der Waals surface area contributed by atoms with E-state index in [2.05, 4.69) is 64.9 Å². The van der Waals surface area contributed by atoms with Gasteiger partial charge in [0.2, 0.25) is 0 Å². The molecule has 4 unspecified atom stereocenters. The van der Waals surface area contributed by atoms with Crippen molar-refractivity contribution < 1.29 is 29.3 Å². The standard InChI is InChI=1S/C43H59NO6/c1-26(2)28-13-20-43(19-12-27-16-23-44-25-29(27)36(46)47)22-21-41(8)30(35(28)43)10-11-32-40(7)17-15-33(50-34(45)24-38(3,4)37(48)49)39(5,6)31(40)14-18-42(32,41)9/h16,23,25,28,30-33,35H,1,10-11,13-15,17-18,20-22,24H2,2-9H3,(H,46,47)(H,48,49)/t28-,30?,31?,32?,33+,35?,40+,41-,42-,43-/m1/s1. The number of rotatable bonds is 6. The van der Waals surface area contributed by atoms with Gasteiger partial charge in [-0.2, -0.15) is 0 Å². The molecule has 0 aliphatic heterocycles. The summed E-state index contributed by atoms with van der Waals surface area (Å²) in [6, 6.07) is 1.74. The van der Waals surface area contributed by atoms with Crippen molar-refractivity contribution in [2.75, 3.05) is 0 Å². The molecule has 0 saturated heterocycles. The molecule has 0 radical (unpaired) electrons. The maximum absolute atomic E-state index is 13.1. The number of pyridine rings is 1. The highest BCUT2D eigenvalue weighted by Gasteiger charge is 2.71. The van der Waals surface area contributed by atoms with Gasteiger partial charge in [0.05, 0.1) is 17.4 Å². The summed E-state index contributed by atoms with van der Waals surface area (Å²) in [5.41, 5.74) is 0.828. The minimum atomic E-state index is -1.16. The molecule has 1 aromatic heterocycles. The number of hydrogen-bond donors (Lipinski definition) is 2. The van der Waals surface area contributed by atoms with E-state index in [0.717, 1.165) is 57.8 Å². The van der Waals surface area contributed by atoms with E-state index in [9.17, 15) is 24.6 Å². The number of aromatic carboxylic acids is 1. The van der Waals surface area contributed by atoms with Crippen molar-refractivity contribution in [2.45, 2.75) is 132 Å². The number of ether oxygens (including phenoxy) is 1. The number of aliphatic carboxylic acids is 1. The molecular weight excluding hydrogens is 626 g/mol. The average Bonchev–Trinajstić information content (AvgIpc) is 3.42. The van der Waals surface area contributed by atoms with Gasteiger partial charge >= 0.3 is 17.9 Å². The van der Waals surface area contributed by atoms with Gasteiger partial charge in [-0.1, -0.05) is 58.6 Å². The summed E-state index contributed by atoms with van der Waals surface area (Å²) in [7, 11) is 0. The largest absolute Gasteiger partial charge is 0.481 e. The Labute approximate surface area is 299 Å². The second-order valence-corrected chi connectivity index (χ2v) is 19.0. The predicted molar refractivity (Wildman–Crippen MR) is 193 cm³/mol. The smallest absolute Gasteiger partial charge is 0.338 e. The van der Waals surface area contributed by atoms with Crippen LogP contribution < -0.4 is 0 Å². The van der Waals surface area contributed by atoms with Gasteiger partial charge in [0, 0.05) is 28.8 Å². The molecule has 2 N–H and O–H groups in total. The minimum Gasteiger partial charge on any atom is -0.481 e. The fourth-order valence-corrected chi connectivity index (χ4v) is 13.1. The number of nitrogens with zero attached hydrogens (tertiary/aromatic N) is 1. The number of aromatic nitrogens is 1. The number of carbonyl (C=O) groups excluding carboxylic acids is 1. The molecule has 7 nitrogen and oxygen atoms in total. The van der Waals surface area contributed by atoms with Crippen LogP contribution in [0.3, 0.4) is 0 Å². The van der Waals surface area contributed by atoms with Gasteiger partial charge in [-0.25, -0.2) is 4.79 Å². The molecule has 272 valence electrons. The highest BCUT2D eigenvalue weighted by Crippen LogP contribution is 2.77. The SMILES string of the molecule is C=C(C)[C@H]1CC[C@]2(C#Cc3ccncc3C(=O)O)CC[C@]3(C)C(CCC4[C@@]5(C)CC[C@H](OC(=O)CC(C)(C)C(=O)O)C(C)(C)C5CC[C@]43C)C12. The first kappa shape index (κ1) is 36.6. The molecule has 5 fully saturated rings. The van der Waals surface area contributed by atoms with Crippen LogP contribution in [0.15, 0.2) is 30.6 Å². The van der Waals surface area contributed by atoms with Gasteiger partial charge < -0.3 is 14.9 Å². The highest BCUT2D eigenvalue weighted by atomic mass is 16.5. The van der Waals surface area contributed by atoms with Crippen LogP contribution in [0.5, 0.6) is 0 Å². The Morgan fingerprint density at radius 2 is 1.66 bits per heavy atom. The van der Waals surface area contributed by atoms with E-state index in [1.54, 1.807) is 26.1 Å². The molecule has 5 aliphatic rings. The lowest BCUT2D eigenvalue weighted by atomic mass is 9.32. The van der Waals surface area contributed by atoms with Gasteiger partial charge in [-0.05, 0) is 137 Å². The van der Waals surface area contributed by atoms with Crippen molar-refractivity contribution in [1.29, 1.82) is 0 Å². The molecule has 7 heteroatoms. The molecular formula is C43H59NO6. The lowest BCUT2D eigenvalue weighted by Gasteiger charge is -2.72. The summed E-state index contributed by atoms with van der Waals surface area (Å²) in [5, 5.41) is 19.4. The van der Waals surface area contributed by atoms with Crippen molar-refractivity contribution in [3.63, 3.8) is 0 Å². The molecule has 50 heavy (non-hydrogen) atoms. The van der Waals surface area contributed by atoms with Crippen LogP contribution in [-0.4, -0.2) is 39.2 Å². The summed E-state index contributed by atoms with van der Waals surface area (Å²) in [4.78, 5) is 40.8. The van der Waals surface area contributed by atoms with Crippen LogP contribution in [0.4, 0.5) is 0 Å². The molecule has 0 spiro atoms. The van der Waals surface area contributed by atoms with Crippen molar-refractivity contribution in [3.8, 4) is 11.8 Å². The number of carboxylic acids is 2.